The van der Waals surface area contributed by atoms with Crippen molar-refractivity contribution in [2.45, 2.75) is 45.8 Å². The molecule has 0 bridgehead atoms. The largest absolute Gasteiger partial charge is 0.343 e. The second-order valence-electron chi connectivity index (χ2n) is 12.2. The molecule has 1 unspecified atom stereocenters. The number of hydrogen-bond acceptors (Lipinski definition) is 3. The minimum Gasteiger partial charge on any atom is -0.343 e. The summed E-state index contributed by atoms with van der Waals surface area (Å²) >= 11 is 0. The van der Waals surface area contributed by atoms with Gasteiger partial charge in [-0.2, -0.15) is 0 Å². The van der Waals surface area contributed by atoms with E-state index in [0.717, 1.165) is 43.4 Å². The van der Waals surface area contributed by atoms with Gasteiger partial charge in [-0.15, -0.1) is 0 Å². The highest BCUT2D eigenvalue weighted by Gasteiger charge is 2.53. The number of anilines is 1. The lowest BCUT2D eigenvalue weighted by Crippen LogP contribution is -2.68. The van der Waals surface area contributed by atoms with Gasteiger partial charge in [-0.05, 0) is 67.1 Å². The zero-order valence-electron chi connectivity index (χ0n) is 23.7. The SMILES string of the molecule is CC1(C)CN(C(=O)C(=O)Nc2ccc3ccn(Cc4ccccc4F)c3c2)C1C1CCN(Cc2ccccc2)CC1. The van der Waals surface area contributed by atoms with Gasteiger partial charge in [0.05, 0.1) is 12.1 Å². The van der Waals surface area contributed by atoms with E-state index in [2.05, 4.69) is 48.3 Å². The maximum absolute atomic E-state index is 14.3. The number of carbonyl (C=O) groups excluding carboxylic acids is 2. The molecule has 1 N–H and O–H groups in total. The molecule has 2 fully saturated rings. The van der Waals surface area contributed by atoms with Crippen LogP contribution in [0, 0.1) is 17.2 Å². The number of nitrogens with zero attached hydrogens (tertiary/aromatic N) is 3. The summed E-state index contributed by atoms with van der Waals surface area (Å²) in [5, 5.41) is 3.82. The van der Waals surface area contributed by atoms with Gasteiger partial charge in [0.15, 0.2) is 0 Å². The first-order valence-corrected chi connectivity index (χ1v) is 14.5. The van der Waals surface area contributed by atoms with E-state index in [1.807, 2.05) is 41.1 Å². The molecule has 2 aliphatic rings. The van der Waals surface area contributed by atoms with E-state index in [1.165, 1.54) is 11.6 Å². The molecule has 2 aliphatic heterocycles. The number of rotatable bonds is 6. The molecule has 0 saturated carbocycles. The molecular weight excluding hydrogens is 515 g/mol. The molecule has 6 nitrogen and oxygen atoms in total. The quantitative estimate of drug-likeness (QED) is 0.302. The molecule has 0 radical (unpaired) electrons. The highest BCUT2D eigenvalue weighted by atomic mass is 19.1. The molecule has 1 aromatic heterocycles. The Morgan fingerprint density at radius 1 is 0.927 bits per heavy atom. The number of fused-ring (bicyclic) bond motifs is 1. The Hall–Kier alpha value is -3.97. The molecule has 0 spiro atoms. The predicted octanol–water partition coefficient (Wildman–Crippen LogP) is 5.92. The molecule has 41 heavy (non-hydrogen) atoms. The Kier molecular flexibility index (Phi) is 7.39. The van der Waals surface area contributed by atoms with Crippen LogP contribution in [-0.2, 0) is 22.7 Å². The van der Waals surface area contributed by atoms with Crippen LogP contribution in [0.15, 0.2) is 85.1 Å². The zero-order chi connectivity index (χ0) is 28.6. The third-order valence-corrected chi connectivity index (χ3v) is 8.83. The summed E-state index contributed by atoms with van der Waals surface area (Å²) in [7, 11) is 0. The number of likely N-dealkylation sites (tertiary alicyclic amines) is 2. The Balaban J connectivity index is 1.10. The van der Waals surface area contributed by atoms with Crippen molar-refractivity contribution in [2.75, 3.05) is 25.0 Å². The summed E-state index contributed by atoms with van der Waals surface area (Å²) in [6, 6.07) is 24.8. The summed E-state index contributed by atoms with van der Waals surface area (Å²) in [5.41, 5.74) is 3.31. The van der Waals surface area contributed by atoms with Crippen LogP contribution in [0.2, 0.25) is 0 Å². The fourth-order valence-electron chi connectivity index (χ4n) is 6.82. The van der Waals surface area contributed by atoms with E-state index in [-0.39, 0.29) is 17.3 Å². The van der Waals surface area contributed by atoms with E-state index in [1.54, 1.807) is 23.1 Å². The van der Waals surface area contributed by atoms with Crippen LogP contribution in [-0.4, -0.2) is 51.9 Å². The van der Waals surface area contributed by atoms with E-state index in [4.69, 9.17) is 0 Å². The van der Waals surface area contributed by atoms with Crippen LogP contribution in [0.3, 0.4) is 0 Å². The summed E-state index contributed by atoms with van der Waals surface area (Å²) in [6.07, 6.45) is 3.94. The third kappa shape index (κ3) is 5.64. The molecule has 212 valence electrons. The van der Waals surface area contributed by atoms with Crippen molar-refractivity contribution in [3.8, 4) is 0 Å². The van der Waals surface area contributed by atoms with Gasteiger partial charge in [-0.1, -0.05) is 68.4 Å². The second kappa shape index (κ2) is 11.1. The first kappa shape index (κ1) is 27.2. The maximum atomic E-state index is 14.3. The van der Waals surface area contributed by atoms with Gasteiger partial charge in [0.25, 0.3) is 0 Å². The zero-order valence-corrected chi connectivity index (χ0v) is 23.7. The monoisotopic (exact) mass is 552 g/mol. The topological polar surface area (TPSA) is 57.6 Å². The molecule has 4 aromatic rings. The molecule has 3 heterocycles. The normalized spacial score (nSPS) is 19.2. The molecule has 2 saturated heterocycles. The van der Waals surface area contributed by atoms with Crippen LogP contribution in [0.4, 0.5) is 10.1 Å². The summed E-state index contributed by atoms with van der Waals surface area (Å²) in [6.45, 7) is 8.29. The van der Waals surface area contributed by atoms with Crippen molar-refractivity contribution >= 4 is 28.4 Å². The number of nitrogens with one attached hydrogen (secondary N) is 1. The Morgan fingerprint density at radius 3 is 2.39 bits per heavy atom. The van der Waals surface area contributed by atoms with Gasteiger partial charge in [0.2, 0.25) is 0 Å². The Bertz CT molecular complexity index is 1560. The summed E-state index contributed by atoms with van der Waals surface area (Å²) < 4.78 is 16.2. The number of carbonyl (C=O) groups is 2. The second-order valence-corrected chi connectivity index (χ2v) is 12.2. The van der Waals surface area contributed by atoms with Crippen LogP contribution in [0.1, 0.15) is 37.8 Å². The molecule has 0 aliphatic carbocycles. The van der Waals surface area contributed by atoms with Crippen LogP contribution >= 0.6 is 0 Å². The third-order valence-electron chi connectivity index (χ3n) is 8.83. The molecule has 1 atom stereocenters. The lowest BCUT2D eigenvalue weighted by molar-refractivity contribution is -0.163. The minimum atomic E-state index is -0.612. The van der Waals surface area contributed by atoms with Crippen LogP contribution in [0.25, 0.3) is 10.9 Å². The average molecular weight is 553 g/mol. The van der Waals surface area contributed by atoms with Crippen LogP contribution < -0.4 is 5.32 Å². The predicted molar refractivity (Wildman–Crippen MR) is 160 cm³/mol. The van der Waals surface area contributed by atoms with Crippen molar-refractivity contribution < 1.29 is 14.0 Å². The number of halogens is 1. The van der Waals surface area contributed by atoms with Crippen molar-refractivity contribution in [2.24, 2.45) is 11.3 Å². The minimum absolute atomic E-state index is 0.0192. The lowest BCUT2D eigenvalue weighted by atomic mass is 9.66. The molecule has 3 aromatic carbocycles. The van der Waals surface area contributed by atoms with E-state index < -0.39 is 11.8 Å². The number of piperidine rings is 1. The maximum Gasteiger partial charge on any atom is 0.313 e. The van der Waals surface area contributed by atoms with E-state index in [0.29, 0.717) is 30.3 Å². The van der Waals surface area contributed by atoms with Gasteiger partial charge >= 0.3 is 11.8 Å². The van der Waals surface area contributed by atoms with E-state index in [9.17, 15) is 14.0 Å². The summed E-state index contributed by atoms with van der Waals surface area (Å²) in [4.78, 5) is 30.8. The average Bonchev–Trinajstić information content (AvgIpc) is 3.36. The molecular formula is C34H37FN4O2. The van der Waals surface area contributed by atoms with Crippen LogP contribution in [0.5, 0.6) is 0 Å². The first-order chi connectivity index (χ1) is 19.8. The Labute approximate surface area is 240 Å². The number of benzene rings is 3. The van der Waals surface area contributed by atoms with E-state index >= 15 is 0 Å². The van der Waals surface area contributed by atoms with Crippen molar-refractivity contribution in [3.05, 3.63) is 102 Å². The van der Waals surface area contributed by atoms with Crippen molar-refractivity contribution in [1.82, 2.24) is 14.4 Å². The van der Waals surface area contributed by atoms with Crippen molar-refractivity contribution in [3.63, 3.8) is 0 Å². The molecule has 2 amide bonds. The fourth-order valence-corrected chi connectivity index (χ4v) is 6.82. The molecule has 7 heteroatoms. The summed E-state index contributed by atoms with van der Waals surface area (Å²) in [5.74, 6) is -0.958. The van der Waals surface area contributed by atoms with Gasteiger partial charge < -0.3 is 14.8 Å². The fraction of sp³-hybridized carbons (Fsp3) is 0.353. The smallest absolute Gasteiger partial charge is 0.313 e. The highest BCUT2D eigenvalue weighted by molar-refractivity contribution is 6.39. The first-order valence-electron chi connectivity index (χ1n) is 14.5. The van der Waals surface area contributed by atoms with Gasteiger partial charge in [-0.25, -0.2) is 4.39 Å². The number of aromatic nitrogens is 1. The van der Waals surface area contributed by atoms with Gasteiger partial charge in [0, 0.05) is 42.0 Å². The van der Waals surface area contributed by atoms with Gasteiger partial charge in [-0.3, -0.25) is 14.5 Å². The standard InChI is InChI=1S/C34H37FN4O2/c1-34(2)23-39(31(34)26-14-17-37(18-15-26)21-24-8-4-3-5-9-24)33(41)32(40)36-28-13-12-25-16-19-38(30(25)20-28)22-27-10-6-7-11-29(27)35/h3-13,16,19-20,26,31H,14-15,17-18,21-23H2,1-2H3,(H,36,40). The molecule has 6 rings (SSSR count). The lowest BCUT2D eigenvalue weighted by Gasteiger charge is -2.58. The number of hydrogen-bond donors (Lipinski definition) is 1. The highest BCUT2D eigenvalue weighted by Crippen LogP contribution is 2.44. The number of amides is 2. The van der Waals surface area contributed by atoms with Crippen molar-refractivity contribution in [1.29, 1.82) is 0 Å². The Morgan fingerprint density at radius 2 is 1.66 bits per heavy atom. The van der Waals surface area contributed by atoms with Gasteiger partial charge in [0.1, 0.15) is 5.82 Å².